The van der Waals surface area contributed by atoms with Crippen LogP contribution in [0.15, 0.2) is 12.1 Å². The average molecular weight is 287 g/mol. The zero-order valence-corrected chi connectivity index (χ0v) is 9.96. The molecule has 0 aliphatic rings. The van der Waals surface area contributed by atoms with Crippen LogP contribution in [-0.2, 0) is 4.74 Å². The summed E-state index contributed by atoms with van der Waals surface area (Å²) < 4.78 is 17.9. The summed E-state index contributed by atoms with van der Waals surface area (Å²) in [5.74, 6) is -2.56. The number of benzene rings is 1. The summed E-state index contributed by atoms with van der Waals surface area (Å²) in [5, 5.41) is 21.9. The Balaban J connectivity index is 2.92. The standard InChI is InChI=1S/C10H10FN3O6/c11-6-4-8(14(18)19)5(9(15)16)3-7(6)13-1-2-20-10(12)17/h3-4,13H,1-2H2,(H2,12,17)(H,15,16). The highest BCUT2D eigenvalue weighted by molar-refractivity contribution is 5.93. The molecule has 0 aromatic heterocycles. The summed E-state index contributed by atoms with van der Waals surface area (Å²) in [4.78, 5) is 30.8. The Kier molecular flexibility index (Phi) is 4.78. The lowest BCUT2D eigenvalue weighted by atomic mass is 10.1. The number of nitro groups is 1. The Morgan fingerprint density at radius 1 is 1.50 bits per heavy atom. The molecule has 9 nitrogen and oxygen atoms in total. The van der Waals surface area contributed by atoms with Gasteiger partial charge in [-0.3, -0.25) is 10.1 Å². The Bertz CT molecular complexity index is 562. The smallest absolute Gasteiger partial charge is 0.404 e. The number of anilines is 1. The number of rotatable bonds is 6. The van der Waals surface area contributed by atoms with E-state index in [4.69, 9.17) is 10.8 Å². The molecule has 0 saturated carbocycles. The van der Waals surface area contributed by atoms with Gasteiger partial charge in [0.05, 0.1) is 16.7 Å². The maximum absolute atomic E-state index is 13.5. The van der Waals surface area contributed by atoms with Crippen LogP contribution in [0.25, 0.3) is 0 Å². The molecule has 1 amide bonds. The average Bonchev–Trinajstić information content (AvgIpc) is 2.34. The number of hydrogen-bond acceptors (Lipinski definition) is 6. The molecule has 0 fully saturated rings. The van der Waals surface area contributed by atoms with E-state index in [0.29, 0.717) is 6.07 Å². The zero-order chi connectivity index (χ0) is 15.3. The van der Waals surface area contributed by atoms with Crippen LogP contribution in [0, 0.1) is 15.9 Å². The number of amides is 1. The van der Waals surface area contributed by atoms with Gasteiger partial charge in [-0.05, 0) is 6.07 Å². The molecule has 0 bridgehead atoms. The second-order valence-electron chi connectivity index (χ2n) is 3.51. The molecule has 20 heavy (non-hydrogen) atoms. The molecule has 10 heteroatoms. The van der Waals surface area contributed by atoms with Crippen molar-refractivity contribution in [2.75, 3.05) is 18.5 Å². The van der Waals surface area contributed by atoms with Crippen molar-refractivity contribution >= 4 is 23.4 Å². The van der Waals surface area contributed by atoms with Crippen LogP contribution in [0.3, 0.4) is 0 Å². The van der Waals surface area contributed by atoms with Crippen LogP contribution in [0.4, 0.5) is 20.6 Å². The van der Waals surface area contributed by atoms with Gasteiger partial charge in [-0.25, -0.2) is 14.0 Å². The van der Waals surface area contributed by atoms with Gasteiger partial charge in [-0.1, -0.05) is 0 Å². The number of carbonyl (C=O) groups is 2. The fourth-order valence-corrected chi connectivity index (χ4v) is 1.36. The monoisotopic (exact) mass is 287 g/mol. The number of carboxylic acids is 1. The van der Waals surface area contributed by atoms with Gasteiger partial charge >= 0.3 is 12.1 Å². The van der Waals surface area contributed by atoms with Crippen LogP contribution in [0.1, 0.15) is 10.4 Å². The maximum atomic E-state index is 13.5. The highest BCUT2D eigenvalue weighted by Gasteiger charge is 2.23. The first-order valence-electron chi connectivity index (χ1n) is 5.20. The van der Waals surface area contributed by atoms with Gasteiger partial charge in [0.1, 0.15) is 12.2 Å². The van der Waals surface area contributed by atoms with Crippen molar-refractivity contribution in [1.82, 2.24) is 0 Å². The minimum Gasteiger partial charge on any atom is -0.477 e. The lowest BCUT2D eigenvalue weighted by Crippen LogP contribution is -2.19. The Hall–Kier alpha value is -2.91. The minimum absolute atomic E-state index is 0.0449. The predicted molar refractivity (Wildman–Crippen MR) is 64.0 cm³/mol. The van der Waals surface area contributed by atoms with Gasteiger partial charge in [0.25, 0.3) is 5.69 Å². The molecule has 0 saturated heterocycles. The molecule has 1 aromatic rings. The molecule has 0 heterocycles. The number of carboxylic acid groups (broad SMARTS) is 1. The van der Waals surface area contributed by atoms with E-state index in [0.717, 1.165) is 6.07 Å². The van der Waals surface area contributed by atoms with E-state index >= 15 is 0 Å². The van der Waals surface area contributed by atoms with E-state index in [9.17, 15) is 24.1 Å². The summed E-state index contributed by atoms with van der Waals surface area (Å²) in [5.41, 5.74) is 2.93. The normalized spacial score (nSPS) is 9.85. The maximum Gasteiger partial charge on any atom is 0.404 e. The van der Waals surface area contributed by atoms with Gasteiger partial charge in [0, 0.05) is 6.54 Å². The van der Waals surface area contributed by atoms with Crippen LogP contribution in [0.2, 0.25) is 0 Å². The fraction of sp³-hybridized carbons (Fsp3) is 0.200. The lowest BCUT2D eigenvalue weighted by molar-refractivity contribution is -0.385. The molecule has 0 spiro atoms. The Labute approximate surface area is 111 Å². The van der Waals surface area contributed by atoms with Crippen LogP contribution < -0.4 is 11.1 Å². The number of nitrogens with zero attached hydrogens (tertiary/aromatic N) is 1. The lowest BCUT2D eigenvalue weighted by Gasteiger charge is -2.08. The number of carbonyl (C=O) groups excluding carboxylic acids is 1. The third-order valence-corrected chi connectivity index (χ3v) is 2.17. The first kappa shape index (κ1) is 15.1. The van der Waals surface area contributed by atoms with E-state index in [1.54, 1.807) is 0 Å². The molecule has 0 unspecified atom stereocenters. The number of hydrogen-bond donors (Lipinski definition) is 3. The van der Waals surface area contributed by atoms with Crippen LogP contribution >= 0.6 is 0 Å². The zero-order valence-electron chi connectivity index (χ0n) is 9.96. The second kappa shape index (κ2) is 6.31. The molecule has 108 valence electrons. The largest absolute Gasteiger partial charge is 0.477 e. The number of primary amides is 1. The first-order valence-corrected chi connectivity index (χ1v) is 5.20. The van der Waals surface area contributed by atoms with Crippen molar-refractivity contribution in [3.05, 3.63) is 33.6 Å². The van der Waals surface area contributed by atoms with Gasteiger partial charge < -0.3 is 20.9 Å². The van der Waals surface area contributed by atoms with E-state index in [1.165, 1.54) is 0 Å². The number of nitrogens with one attached hydrogen (secondary N) is 1. The first-order chi connectivity index (χ1) is 9.32. The second-order valence-corrected chi connectivity index (χ2v) is 3.51. The minimum atomic E-state index is -1.56. The molecule has 1 aromatic carbocycles. The summed E-state index contributed by atoms with van der Waals surface area (Å²) >= 11 is 0. The van der Waals surface area contributed by atoms with Crippen molar-refractivity contribution in [3.8, 4) is 0 Å². The molecular weight excluding hydrogens is 277 g/mol. The Morgan fingerprint density at radius 3 is 2.65 bits per heavy atom. The third kappa shape index (κ3) is 3.80. The summed E-state index contributed by atoms with van der Waals surface area (Å²) in [6, 6.07) is 1.29. The molecule has 0 aliphatic heterocycles. The summed E-state index contributed by atoms with van der Waals surface area (Å²) in [6.07, 6.45) is -1.01. The molecule has 0 atom stereocenters. The Morgan fingerprint density at radius 2 is 2.15 bits per heavy atom. The van der Waals surface area contributed by atoms with Gasteiger partial charge in [-0.15, -0.1) is 0 Å². The quantitative estimate of drug-likeness (QED) is 0.401. The molecule has 4 N–H and O–H groups in total. The van der Waals surface area contributed by atoms with Gasteiger partial charge in [0.15, 0.2) is 5.82 Å². The molecule has 0 aliphatic carbocycles. The van der Waals surface area contributed by atoms with Crippen LogP contribution in [0.5, 0.6) is 0 Å². The number of halogens is 1. The molecular formula is C10H10FN3O6. The number of ether oxygens (including phenoxy) is 1. The fourth-order valence-electron chi connectivity index (χ4n) is 1.36. The van der Waals surface area contributed by atoms with Crippen molar-refractivity contribution in [2.24, 2.45) is 5.73 Å². The van der Waals surface area contributed by atoms with E-state index in [-0.39, 0.29) is 18.8 Å². The van der Waals surface area contributed by atoms with Crippen molar-refractivity contribution in [3.63, 3.8) is 0 Å². The van der Waals surface area contributed by atoms with Gasteiger partial charge in [0.2, 0.25) is 0 Å². The molecule has 1 rings (SSSR count). The van der Waals surface area contributed by atoms with Crippen LogP contribution in [-0.4, -0.2) is 35.2 Å². The van der Waals surface area contributed by atoms with E-state index in [2.05, 4.69) is 10.1 Å². The SMILES string of the molecule is NC(=O)OCCNc1cc(C(=O)O)c([N+](=O)[O-])cc1F. The number of aromatic carboxylic acids is 1. The van der Waals surface area contributed by atoms with Crippen molar-refractivity contribution in [1.29, 1.82) is 0 Å². The number of nitrogens with two attached hydrogens (primary N) is 1. The van der Waals surface area contributed by atoms with Crippen molar-refractivity contribution in [2.45, 2.75) is 0 Å². The molecule has 0 radical (unpaired) electrons. The highest BCUT2D eigenvalue weighted by atomic mass is 19.1. The van der Waals surface area contributed by atoms with Crippen molar-refractivity contribution < 1.29 is 28.7 Å². The van der Waals surface area contributed by atoms with Gasteiger partial charge in [-0.2, -0.15) is 0 Å². The summed E-state index contributed by atoms with van der Waals surface area (Å²) in [6.45, 7) is -0.217. The third-order valence-electron chi connectivity index (χ3n) is 2.17. The van der Waals surface area contributed by atoms with E-state index in [1.807, 2.05) is 0 Å². The topological polar surface area (TPSA) is 145 Å². The predicted octanol–water partition coefficient (Wildman–Crippen LogP) is 0.939. The summed E-state index contributed by atoms with van der Waals surface area (Å²) in [7, 11) is 0. The van der Waals surface area contributed by atoms with E-state index < -0.39 is 34.1 Å². The highest BCUT2D eigenvalue weighted by Crippen LogP contribution is 2.26. The number of nitro benzene ring substituents is 1.